The van der Waals surface area contributed by atoms with Crippen LogP contribution in [-0.4, -0.2) is 22.7 Å². The van der Waals surface area contributed by atoms with Gasteiger partial charge in [0.25, 0.3) is 11.8 Å². The van der Waals surface area contributed by atoms with Crippen LogP contribution in [-0.2, 0) is 17.9 Å². The van der Waals surface area contributed by atoms with Gasteiger partial charge in [-0.15, -0.1) is 0 Å². The minimum Gasteiger partial charge on any atom is -0.467 e. The molecule has 28 heavy (non-hydrogen) atoms. The van der Waals surface area contributed by atoms with Gasteiger partial charge in [-0.1, -0.05) is 29.8 Å². The highest BCUT2D eigenvalue weighted by molar-refractivity contribution is 6.21. The Morgan fingerprint density at radius 3 is 2.57 bits per heavy atom. The third-order valence-electron chi connectivity index (χ3n) is 4.55. The van der Waals surface area contributed by atoms with Crippen molar-refractivity contribution in [3.63, 3.8) is 0 Å². The number of aryl methyl sites for hydroxylation is 1. The molecule has 1 aromatic heterocycles. The molecule has 2 aromatic carbocycles. The number of furan rings is 1. The molecule has 6 heteroatoms. The Hall–Kier alpha value is -3.67. The predicted molar refractivity (Wildman–Crippen MR) is 99.7 cm³/mol. The first-order valence-electron chi connectivity index (χ1n) is 8.78. The van der Waals surface area contributed by atoms with Gasteiger partial charge >= 0.3 is 5.97 Å². The average molecular weight is 375 g/mol. The van der Waals surface area contributed by atoms with Crippen molar-refractivity contribution in [2.45, 2.75) is 20.1 Å². The lowest BCUT2D eigenvalue weighted by atomic mass is 10.1. The average Bonchev–Trinajstić information content (AvgIpc) is 3.29. The maximum absolute atomic E-state index is 12.6. The first kappa shape index (κ1) is 17.7. The Kier molecular flexibility index (Phi) is 4.53. The lowest BCUT2D eigenvalue weighted by Gasteiger charge is -2.11. The van der Waals surface area contributed by atoms with E-state index in [9.17, 15) is 14.4 Å². The molecule has 0 saturated heterocycles. The number of amides is 2. The zero-order chi connectivity index (χ0) is 19.7. The summed E-state index contributed by atoms with van der Waals surface area (Å²) in [5.74, 6) is -0.901. The standard InChI is InChI=1S/C22H17NO5/c1-14-4-2-5-15(10-14)13-28-22(26)16-7-8-18-19(11-16)21(25)23(20(18)24)12-17-6-3-9-27-17/h2-11H,12-13H2,1H3. The third kappa shape index (κ3) is 3.32. The number of carbonyl (C=O) groups excluding carboxylic acids is 3. The molecule has 0 N–H and O–H groups in total. The summed E-state index contributed by atoms with van der Waals surface area (Å²) in [6.45, 7) is 2.14. The fourth-order valence-corrected chi connectivity index (χ4v) is 3.15. The number of hydrogen-bond acceptors (Lipinski definition) is 5. The van der Waals surface area contributed by atoms with Crippen LogP contribution in [0.2, 0.25) is 0 Å². The van der Waals surface area contributed by atoms with E-state index in [4.69, 9.17) is 9.15 Å². The number of ether oxygens (including phenoxy) is 1. The number of nitrogens with zero attached hydrogens (tertiary/aromatic N) is 1. The highest BCUT2D eigenvalue weighted by Crippen LogP contribution is 2.26. The van der Waals surface area contributed by atoms with Gasteiger partial charge in [-0.2, -0.15) is 0 Å². The second kappa shape index (κ2) is 7.15. The highest BCUT2D eigenvalue weighted by atomic mass is 16.5. The van der Waals surface area contributed by atoms with Crippen molar-refractivity contribution in [3.8, 4) is 0 Å². The van der Waals surface area contributed by atoms with E-state index >= 15 is 0 Å². The van der Waals surface area contributed by atoms with Crippen LogP contribution in [0.4, 0.5) is 0 Å². The van der Waals surface area contributed by atoms with Gasteiger partial charge in [0.1, 0.15) is 12.4 Å². The van der Waals surface area contributed by atoms with Crippen LogP contribution < -0.4 is 0 Å². The molecule has 2 amide bonds. The summed E-state index contributed by atoms with van der Waals surface area (Å²) < 4.78 is 10.6. The fourth-order valence-electron chi connectivity index (χ4n) is 3.15. The zero-order valence-electron chi connectivity index (χ0n) is 15.2. The Bertz CT molecular complexity index is 1070. The van der Waals surface area contributed by atoms with E-state index in [0.29, 0.717) is 5.76 Å². The van der Waals surface area contributed by atoms with Crippen molar-refractivity contribution < 1.29 is 23.5 Å². The van der Waals surface area contributed by atoms with Crippen LogP contribution >= 0.6 is 0 Å². The van der Waals surface area contributed by atoms with E-state index in [1.807, 2.05) is 31.2 Å². The third-order valence-corrected chi connectivity index (χ3v) is 4.55. The highest BCUT2D eigenvalue weighted by Gasteiger charge is 2.36. The molecule has 0 atom stereocenters. The number of fused-ring (bicyclic) bond motifs is 1. The maximum atomic E-state index is 12.6. The van der Waals surface area contributed by atoms with Gasteiger partial charge in [-0.25, -0.2) is 4.79 Å². The lowest BCUT2D eigenvalue weighted by molar-refractivity contribution is 0.0472. The molecule has 4 rings (SSSR count). The Balaban J connectivity index is 1.50. The van der Waals surface area contributed by atoms with Crippen molar-refractivity contribution >= 4 is 17.8 Å². The maximum Gasteiger partial charge on any atom is 0.338 e. The normalized spacial score (nSPS) is 13.0. The molecule has 3 aromatic rings. The summed E-state index contributed by atoms with van der Waals surface area (Å²) in [6.07, 6.45) is 1.48. The fraction of sp³-hybridized carbons (Fsp3) is 0.136. The summed E-state index contributed by atoms with van der Waals surface area (Å²) in [4.78, 5) is 38.6. The molecule has 0 radical (unpaired) electrons. The topological polar surface area (TPSA) is 76.8 Å². The first-order valence-corrected chi connectivity index (χ1v) is 8.78. The van der Waals surface area contributed by atoms with Gasteiger partial charge < -0.3 is 9.15 Å². The molecule has 2 heterocycles. The summed E-state index contributed by atoms with van der Waals surface area (Å²) >= 11 is 0. The van der Waals surface area contributed by atoms with E-state index in [-0.39, 0.29) is 29.8 Å². The second-order valence-electron chi connectivity index (χ2n) is 6.60. The molecule has 0 aliphatic carbocycles. The van der Waals surface area contributed by atoms with Gasteiger partial charge in [-0.05, 0) is 42.8 Å². The second-order valence-corrected chi connectivity index (χ2v) is 6.60. The van der Waals surface area contributed by atoms with Gasteiger partial charge in [0.15, 0.2) is 0 Å². The number of hydrogen-bond donors (Lipinski definition) is 0. The first-order chi connectivity index (χ1) is 13.5. The van der Waals surface area contributed by atoms with Gasteiger partial charge in [-0.3, -0.25) is 14.5 Å². The summed E-state index contributed by atoms with van der Waals surface area (Å²) in [5.41, 5.74) is 2.65. The van der Waals surface area contributed by atoms with E-state index < -0.39 is 17.8 Å². The van der Waals surface area contributed by atoms with E-state index in [0.717, 1.165) is 16.0 Å². The number of imide groups is 1. The van der Waals surface area contributed by atoms with Crippen LogP contribution in [0, 0.1) is 6.92 Å². The Labute approximate surface area is 161 Å². The summed E-state index contributed by atoms with van der Waals surface area (Å²) in [5, 5.41) is 0. The minimum atomic E-state index is -0.547. The van der Waals surface area contributed by atoms with E-state index in [1.54, 1.807) is 12.1 Å². The molecule has 140 valence electrons. The van der Waals surface area contributed by atoms with E-state index in [2.05, 4.69) is 0 Å². The van der Waals surface area contributed by atoms with Crippen molar-refractivity contribution in [1.29, 1.82) is 0 Å². The molecule has 1 aliphatic rings. The van der Waals surface area contributed by atoms with Crippen molar-refractivity contribution in [1.82, 2.24) is 4.90 Å². The van der Waals surface area contributed by atoms with Gasteiger partial charge in [0.05, 0.1) is 29.5 Å². The molecular formula is C22H17NO5. The monoisotopic (exact) mass is 375 g/mol. The van der Waals surface area contributed by atoms with Crippen LogP contribution in [0.1, 0.15) is 48.0 Å². The summed E-state index contributed by atoms with van der Waals surface area (Å²) in [6, 6.07) is 15.4. The number of esters is 1. The number of rotatable bonds is 5. The SMILES string of the molecule is Cc1cccc(COC(=O)c2ccc3c(c2)C(=O)N(Cc2ccco2)C3=O)c1. The molecule has 0 unspecified atom stereocenters. The number of carbonyl (C=O) groups is 3. The van der Waals surface area contributed by atoms with Crippen molar-refractivity contribution in [2.24, 2.45) is 0 Å². The van der Waals surface area contributed by atoms with Crippen LogP contribution in [0.25, 0.3) is 0 Å². The quantitative estimate of drug-likeness (QED) is 0.501. The lowest BCUT2D eigenvalue weighted by Crippen LogP contribution is -2.28. The van der Waals surface area contributed by atoms with Crippen LogP contribution in [0.5, 0.6) is 0 Å². The Morgan fingerprint density at radius 2 is 1.82 bits per heavy atom. The molecular weight excluding hydrogens is 358 g/mol. The molecule has 0 bridgehead atoms. The number of benzene rings is 2. The summed E-state index contributed by atoms with van der Waals surface area (Å²) in [7, 11) is 0. The molecule has 6 nitrogen and oxygen atoms in total. The van der Waals surface area contributed by atoms with Gasteiger partial charge in [0.2, 0.25) is 0 Å². The van der Waals surface area contributed by atoms with Crippen LogP contribution in [0.15, 0.2) is 65.3 Å². The smallest absolute Gasteiger partial charge is 0.338 e. The predicted octanol–water partition coefficient (Wildman–Crippen LogP) is 3.74. The Morgan fingerprint density at radius 1 is 1.00 bits per heavy atom. The molecule has 0 spiro atoms. The molecule has 0 fully saturated rings. The van der Waals surface area contributed by atoms with Gasteiger partial charge in [0, 0.05) is 0 Å². The minimum absolute atomic E-state index is 0.0481. The molecule has 1 aliphatic heterocycles. The van der Waals surface area contributed by atoms with E-state index in [1.165, 1.54) is 24.5 Å². The molecule has 0 saturated carbocycles. The zero-order valence-corrected chi connectivity index (χ0v) is 15.2. The van der Waals surface area contributed by atoms with Crippen molar-refractivity contribution in [3.05, 3.63) is 94.4 Å². The largest absolute Gasteiger partial charge is 0.467 e. The van der Waals surface area contributed by atoms with Crippen molar-refractivity contribution in [2.75, 3.05) is 0 Å². The van der Waals surface area contributed by atoms with Crippen LogP contribution in [0.3, 0.4) is 0 Å².